The molecule has 0 saturated heterocycles. The molecule has 0 spiro atoms. The fourth-order valence-corrected chi connectivity index (χ4v) is 2.79. The van der Waals surface area contributed by atoms with Gasteiger partial charge in [-0.3, -0.25) is 19.2 Å². The second-order valence-electron chi connectivity index (χ2n) is 9.46. The van der Waals surface area contributed by atoms with Gasteiger partial charge in [0.25, 0.3) is 0 Å². The number of quaternary nitrogens is 2. The third-order valence-electron chi connectivity index (χ3n) is 3.85. The number of esters is 2. The van der Waals surface area contributed by atoms with Crippen LogP contribution in [0.5, 0.6) is 0 Å². The molecule has 0 aromatic heterocycles. The molecular formula is C19H37N3O8+2. The van der Waals surface area contributed by atoms with Crippen LogP contribution in [0, 0.1) is 0 Å². The number of hydrogen-bond acceptors (Lipinski definition) is 7. The molecule has 0 saturated carbocycles. The van der Waals surface area contributed by atoms with Crippen molar-refractivity contribution in [3.8, 4) is 0 Å². The Bertz CT molecular complexity index is 610. The van der Waals surface area contributed by atoms with Gasteiger partial charge in [-0.15, -0.1) is 0 Å². The summed E-state index contributed by atoms with van der Waals surface area (Å²) in [6.07, 6.45) is -2.58. The third-order valence-corrected chi connectivity index (χ3v) is 3.85. The Kier molecular flexibility index (Phi) is 10.9. The first-order valence-corrected chi connectivity index (χ1v) is 9.68. The topological polar surface area (TPSA) is 153 Å². The average molecular weight is 436 g/mol. The highest BCUT2D eigenvalue weighted by Crippen LogP contribution is 2.10. The summed E-state index contributed by atoms with van der Waals surface area (Å²) in [5.74, 6) is -3.63. The number of ether oxygens (including phenoxy) is 2. The van der Waals surface area contributed by atoms with E-state index in [2.05, 4.69) is 0 Å². The maximum atomic E-state index is 12.2. The van der Waals surface area contributed by atoms with Gasteiger partial charge in [0.15, 0.2) is 12.2 Å². The van der Waals surface area contributed by atoms with Crippen LogP contribution < -0.4 is 5.73 Å². The molecule has 4 N–H and O–H groups in total. The Morgan fingerprint density at radius 3 is 1.57 bits per heavy atom. The van der Waals surface area contributed by atoms with Gasteiger partial charge < -0.3 is 34.4 Å². The normalized spacial score (nSPS) is 15.0. The van der Waals surface area contributed by atoms with Crippen LogP contribution in [0.3, 0.4) is 0 Å². The lowest BCUT2D eigenvalue weighted by molar-refractivity contribution is -0.873. The fourth-order valence-electron chi connectivity index (χ4n) is 2.79. The second-order valence-corrected chi connectivity index (χ2v) is 9.46. The number of carbonyl (C=O) groups is 4. The molecule has 11 nitrogen and oxygen atoms in total. The van der Waals surface area contributed by atoms with Gasteiger partial charge in [-0.25, -0.2) is 0 Å². The summed E-state index contributed by atoms with van der Waals surface area (Å²) in [4.78, 5) is 46.3. The maximum absolute atomic E-state index is 12.2. The van der Waals surface area contributed by atoms with Gasteiger partial charge in [-0.1, -0.05) is 0 Å². The van der Waals surface area contributed by atoms with E-state index >= 15 is 0 Å². The number of hydrogen-bond donors (Lipinski definition) is 3. The minimum absolute atomic E-state index is 0.0635. The number of nitrogens with zero attached hydrogens (tertiary/aromatic N) is 2. The summed E-state index contributed by atoms with van der Waals surface area (Å²) < 4.78 is 11.3. The first kappa shape index (κ1) is 27.8. The SMILES string of the molecule is C[N+](C)(C)C[C@@H](CC(=O)O)OC(=O)CC[C@H](N)C(=O)O[C@H](CC(=O)O)C[N+](C)(C)C. The highest BCUT2D eigenvalue weighted by molar-refractivity contribution is 5.78. The molecule has 0 rings (SSSR count). The monoisotopic (exact) mass is 435 g/mol. The van der Waals surface area contributed by atoms with E-state index in [1.54, 1.807) is 0 Å². The lowest BCUT2D eigenvalue weighted by Crippen LogP contribution is -2.46. The van der Waals surface area contributed by atoms with E-state index in [-0.39, 0.29) is 32.2 Å². The molecule has 0 aliphatic rings. The van der Waals surface area contributed by atoms with Crippen molar-refractivity contribution in [2.75, 3.05) is 55.4 Å². The third kappa shape index (κ3) is 14.7. The molecule has 3 atom stereocenters. The van der Waals surface area contributed by atoms with E-state index in [0.717, 1.165) is 0 Å². The number of nitrogens with two attached hydrogens (primary N) is 1. The molecule has 0 bridgehead atoms. The zero-order chi connectivity index (χ0) is 23.7. The molecular weight excluding hydrogens is 398 g/mol. The van der Waals surface area contributed by atoms with Crippen LogP contribution in [0.4, 0.5) is 0 Å². The Hall–Kier alpha value is -2.24. The smallest absolute Gasteiger partial charge is 0.323 e. The van der Waals surface area contributed by atoms with Crippen LogP contribution in [-0.2, 0) is 28.7 Å². The van der Waals surface area contributed by atoms with Gasteiger partial charge in [-0.2, -0.15) is 0 Å². The van der Waals surface area contributed by atoms with Crippen molar-refractivity contribution in [2.24, 2.45) is 5.73 Å². The van der Waals surface area contributed by atoms with Crippen LogP contribution in [0.25, 0.3) is 0 Å². The molecule has 0 unspecified atom stereocenters. The minimum Gasteiger partial charge on any atom is -0.481 e. The molecule has 0 fully saturated rings. The van der Waals surface area contributed by atoms with Crippen molar-refractivity contribution in [3.63, 3.8) is 0 Å². The van der Waals surface area contributed by atoms with Crippen molar-refractivity contribution in [3.05, 3.63) is 0 Å². The lowest BCUT2D eigenvalue weighted by atomic mass is 10.1. The molecule has 0 radical (unpaired) electrons. The van der Waals surface area contributed by atoms with Crippen LogP contribution in [-0.4, -0.2) is 117 Å². The highest BCUT2D eigenvalue weighted by atomic mass is 16.6. The highest BCUT2D eigenvalue weighted by Gasteiger charge is 2.29. The van der Waals surface area contributed by atoms with Crippen molar-refractivity contribution in [1.29, 1.82) is 0 Å². The number of aliphatic carboxylic acids is 2. The Balaban J connectivity index is 4.74. The maximum Gasteiger partial charge on any atom is 0.323 e. The molecule has 174 valence electrons. The first-order chi connectivity index (χ1) is 13.5. The predicted molar refractivity (Wildman–Crippen MR) is 107 cm³/mol. The summed E-state index contributed by atoms with van der Waals surface area (Å²) in [6.45, 7) is 0.600. The summed E-state index contributed by atoms with van der Waals surface area (Å²) >= 11 is 0. The van der Waals surface area contributed by atoms with E-state index in [0.29, 0.717) is 15.5 Å². The molecule has 30 heavy (non-hydrogen) atoms. The first-order valence-electron chi connectivity index (χ1n) is 9.68. The molecule has 0 aromatic carbocycles. The van der Waals surface area contributed by atoms with E-state index in [9.17, 15) is 19.2 Å². The average Bonchev–Trinajstić information content (AvgIpc) is 2.47. The van der Waals surface area contributed by atoms with Gasteiger partial charge in [0.1, 0.15) is 19.1 Å². The Morgan fingerprint density at radius 2 is 1.20 bits per heavy atom. The zero-order valence-electron chi connectivity index (χ0n) is 18.8. The van der Waals surface area contributed by atoms with E-state index in [1.165, 1.54) is 0 Å². The number of likely N-dealkylation sites (N-methyl/N-ethyl adjacent to an activating group) is 2. The molecule has 0 amide bonds. The predicted octanol–water partition coefficient (Wildman–Crippen LogP) is -0.721. The number of carboxylic acid groups (broad SMARTS) is 2. The summed E-state index contributed by atoms with van der Waals surface area (Å²) in [5.41, 5.74) is 5.79. The summed E-state index contributed by atoms with van der Waals surface area (Å²) in [5, 5.41) is 18.0. The van der Waals surface area contributed by atoms with Gasteiger partial charge in [0, 0.05) is 6.42 Å². The Labute approximate surface area is 177 Å². The van der Waals surface area contributed by atoms with E-state index in [4.69, 9.17) is 25.4 Å². The molecule has 0 aliphatic carbocycles. The Morgan fingerprint density at radius 1 is 0.800 bits per heavy atom. The van der Waals surface area contributed by atoms with Crippen molar-refractivity contribution in [1.82, 2.24) is 0 Å². The number of carbonyl (C=O) groups excluding carboxylic acids is 2. The van der Waals surface area contributed by atoms with Gasteiger partial charge in [0.2, 0.25) is 0 Å². The summed E-state index contributed by atoms with van der Waals surface area (Å²) in [6, 6.07) is -1.13. The minimum atomic E-state index is -1.13. The van der Waals surface area contributed by atoms with Gasteiger partial charge >= 0.3 is 23.9 Å². The largest absolute Gasteiger partial charge is 0.481 e. The van der Waals surface area contributed by atoms with Crippen LogP contribution in [0.15, 0.2) is 0 Å². The second kappa shape index (κ2) is 11.8. The molecule has 0 aliphatic heterocycles. The van der Waals surface area contributed by atoms with Gasteiger partial charge in [-0.05, 0) is 6.42 Å². The number of carboxylic acids is 2. The molecule has 0 aromatic rings. The van der Waals surface area contributed by atoms with Crippen LogP contribution >= 0.6 is 0 Å². The summed E-state index contributed by atoms with van der Waals surface area (Å²) in [7, 11) is 11.0. The van der Waals surface area contributed by atoms with Crippen molar-refractivity contribution < 1.29 is 47.8 Å². The van der Waals surface area contributed by atoms with Crippen molar-refractivity contribution in [2.45, 2.75) is 43.9 Å². The van der Waals surface area contributed by atoms with Crippen molar-refractivity contribution >= 4 is 23.9 Å². The lowest BCUT2D eigenvalue weighted by Gasteiger charge is -2.29. The quantitative estimate of drug-likeness (QED) is 0.237. The standard InChI is InChI=1S/C19H35N3O8/c1-21(2,3)11-13(9-16(23)24)29-18(27)8-7-15(20)19(28)30-14(10-17(25)26)12-22(4,5)6/h13-15H,7-12,20H2,1-6H3/p+2/t13-,14-,15+/m1/s1. The molecule has 11 heteroatoms. The van der Waals surface area contributed by atoms with E-state index < -0.39 is 42.1 Å². The zero-order valence-corrected chi connectivity index (χ0v) is 18.8. The number of rotatable bonds is 14. The fraction of sp³-hybridized carbons (Fsp3) is 0.789. The van der Waals surface area contributed by atoms with Crippen LogP contribution in [0.1, 0.15) is 25.7 Å². The van der Waals surface area contributed by atoms with Crippen LogP contribution in [0.2, 0.25) is 0 Å². The van der Waals surface area contributed by atoms with E-state index in [1.807, 2.05) is 42.3 Å². The van der Waals surface area contributed by atoms with Gasteiger partial charge in [0.05, 0.1) is 55.1 Å². The molecule has 0 heterocycles.